The first-order valence-electron chi connectivity index (χ1n) is 7.58. The highest BCUT2D eigenvalue weighted by molar-refractivity contribution is 7.51. The standard InChI is InChI=1S/C13H18N5O5P/c14-11-7-12(16-4-15-11)18(5-17-7)8-6-3-13(6,10(20)9(8)19)1-2-24(21,22)23/h4-6,8-10,19-20H,1-3H2,(H2,14,15,16)(H2,21,22,23)/t6-,8-,9+,10+,13?/m1/s1. The van der Waals surface area contributed by atoms with Crippen LogP contribution in [0.25, 0.3) is 11.2 Å². The van der Waals surface area contributed by atoms with Crippen LogP contribution in [-0.2, 0) is 4.57 Å². The Kier molecular flexibility index (Phi) is 3.29. The number of anilines is 1. The molecule has 5 atom stereocenters. The molecule has 6 N–H and O–H groups in total. The first-order chi connectivity index (χ1) is 11.2. The van der Waals surface area contributed by atoms with Crippen molar-refractivity contribution in [2.45, 2.75) is 31.1 Å². The molecule has 2 aliphatic rings. The Morgan fingerprint density at radius 1 is 1.33 bits per heavy atom. The summed E-state index contributed by atoms with van der Waals surface area (Å²) in [5, 5.41) is 20.9. The van der Waals surface area contributed by atoms with Crippen LogP contribution in [0.3, 0.4) is 0 Å². The summed E-state index contributed by atoms with van der Waals surface area (Å²) >= 11 is 0. The number of aliphatic hydroxyl groups is 2. The van der Waals surface area contributed by atoms with Crippen molar-refractivity contribution >= 4 is 24.6 Å². The highest BCUT2D eigenvalue weighted by Crippen LogP contribution is 2.70. The Morgan fingerprint density at radius 3 is 2.79 bits per heavy atom. The lowest BCUT2D eigenvalue weighted by molar-refractivity contribution is -0.0183. The van der Waals surface area contributed by atoms with Gasteiger partial charge < -0.3 is 30.3 Å². The van der Waals surface area contributed by atoms with E-state index in [4.69, 9.17) is 15.5 Å². The molecule has 2 fully saturated rings. The molecule has 11 heteroatoms. The Hall–Kier alpha value is -1.58. The molecule has 1 unspecified atom stereocenters. The summed E-state index contributed by atoms with van der Waals surface area (Å²) in [6.45, 7) is 0. The van der Waals surface area contributed by atoms with Crippen molar-refractivity contribution in [3.8, 4) is 0 Å². The SMILES string of the molecule is Nc1ncnc2c1ncn2[C@H]1[C@H](O)[C@H](O)C2(CCP(=O)(O)O)C[C@H]12. The van der Waals surface area contributed by atoms with Crippen LogP contribution in [0.1, 0.15) is 18.9 Å². The molecule has 130 valence electrons. The zero-order chi connectivity index (χ0) is 17.3. The van der Waals surface area contributed by atoms with Gasteiger partial charge in [-0.25, -0.2) is 15.0 Å². The predicted molar refractivity (Wildman–Crippen MR) is 82.9 cm³/mol. The van der Waals surface area contributed by atoms with Crippen LogP contribution in [0.4, 0.5) is 5.82 Å². The van der Waals surface area contributed by atoms with E-state index in [0.717, 1.165) is 0 Å². The first-order valence-corrected chi connectivity index (χ1v) is 9.38. The number of aromatic nitrogens is 4. The second-order valence-corrected chi connectivity index (χ2v) is 8.47. The lowest BCUT2D eigenvalue weighted by Crippen LogP contribution is -2.34. The Balaban J connectivity index is 1.68. The number of rotatable bonds is 4. The molecule has 24 heavy (non-hydrogen) atoms. The van der Waals surface area contributed by atoms with E-state index in [1.165, 1.54) is 12.7 Å². The van der Waals surface area contributed by atoms with Crippen LogP contribution in [0.2, 0.25) is 0 Å². The van der Waals surface area contributed by atoms with E-state index in [9.17, 15) is 14.8 Å². The second kappa shape index (κ2) is 4.96. The Labute approximate surface area is 136 Å². The van der Waals surface area contributed by atoms with E-state index in [1.807, 2.05) is 0 Å². The minimum atomic E-state index is -4.15. The maximum Gasteiger partial charge on any atom is 0.325 e. The molecule has 0 amide bonds. The summed E-state index contributed by atoms with van der Waals surface area (Å²) in [6, 6.07) is -0.462. The number of nitrogens with two attached hydrogens (primary N) is 1. The number of hydrogen-bond acceptors (Lipinski definition) is 7. The molecular weight excluding hydrogens is 337 g/mol. The van der Waals surface area contributed by atoms with Gasteiger partial charge in [0.15, 0.2) is 11.5 Å². The fourth-order valence-electron chi connectivity index (χ4n) is 4.15. The topological polar surface area (TPSA) is 168 Å². The summed E-state index contributed by atoms with van der Waals surface area (Å²) < 4.78 is 12.8. The quantitative estimate of drug-likeness (QED) is 0.443. The smallest absolute Gasteiger partial charge is 0.325 e. The van der Waals surface area contributed by atoms with Gasteiger partial charge in [-0.05, 0) is 18.8 Å². The van der Waals surface area contributed by atoms with Gasteiger partial charge >= 0.3 is 7.60 Å². The van der Waals surface area contributed by atoms with E-state index in [1.54, 1.807) is 4.57 Å². The molecular formula is C13H18N5O5P. The van der Waals surface area contributed by atoms with Gasteiger partial charge in [-0.15, -0.1) is 0 Å². The van der Waals surface area contributed by atoms with Crippen LogP contribution in [0, 0.1) is 11.3 Å². The van der Waals surface area contributed by atoms with Crippen molar-refractivity contribution in [1.29, 1.82) is 0 Å². The lowest BCUT2D eigenvalue weighted by atomic mass is 9.96. The summed E-state index contributed by atoms with van der Waals surface area (Å²) in [7, 11) is -4.15. The van der Waals surface area contributed by atoms with Gasteiger partial charge in [0.1, 0.15) is 17.9 Å². The molecule has 0 radical (unpaired) electrons. The molecule has 4 rings (SSSR count). The van der Waals surface area contributed by atoms with Crippen LogP contribution < -0.4 is 5.73 Å². The van der Waals surface area contributed by atoms with Crippen LogP contribution in [-0.4, -0.2) is 57.9 Å². The molecule has 0 aromatic carbocycles. The highest BCUT2D eigenvalue weighted by Gasteiger charge is 2.71. The molecule has 0 bridgehead atoms. The third kappa shape index (κ3) is 2.18. The van der Waals surface area contributed by atoms with Gasteiger partial charge in [-0.3, -0.25) is 4.57 Å². The maximum atomic E-state index is 11.2. The maximum absolute atomic E-state index is 11.2. The zero-order valence-electron chi connectivity index (χ0n) is 12.6. The van der Waals surface area contributed by atoms with Crippen molar-refractivity contribution < 1.29 is 24.6 Å². The summed E-state index contributed by atoms with van der Waals surface area (Å²) in [5.74, 6) is 0.137. The van der Waals surface area contributed by atoms with Crippen molar-refractivity contribution in [3.05, 3.63) is 12.7 Å². The third-order valence-corrected chi connectivity index (χ3v) is 6.24. The Bertz CT molecular complexity index is 852. The monoisotopic (exact) mass is 355 g/mol. The molecule has 0 spiro atoms. The van der Waals surface area contributed by atoms with E-state index in [2.05, 4.69) is 15.0 Å². The largest absolute Gasteiger partial charge is 0.390 e. The minimum Gasteiger partial charge on any atom is -0.390 e. The van der Waals surface area contributed by atoms with Gasteiger partial charge in [0, 0.05) is 5.41 Å². The van der Waals surface area contributed by atoms with Crippen molar-refractivity contribution in [1.82, 2.24) is 19.5 Å². The molecule has 2 aromatic heterocycles. The lowest BCUT2D eigenvalue weighted by Gasteiger charge is -2.24. The van der Waals surface area contributed by atoms with Crippen molar-refractivity contribution in [2.24, 2.45) is 11.3 Å². The first kappa shape index (κ1) is 15.9. The minimum absolute atomic E-state index is 0.0948. The number of aliphatic hydroxyl groups excluding tert-OH is 2. The fraction of sp³-hybridized carbons (Fsp3) is 0.615. The zero-order valence-corrected chi connectivity index (χ0v) is 13.5. The van der Waals surface area contributed by atoms with Crippen LogP contribution in [0.5, 0.6) is 0 Å². The van der Waals surface area contributed by atoms with E-state index in [-0.39, 0.29) is 24.3 Å². The van der Waals surface area contributed by atoms with Gasteiger partial charge in [0.05, 0.1) is 24.6 Å². The molecule has 0 saturated heterocycles. The normalized spacial score (nSPS) is 35.3. The number of hydrogen-bond donors (Lipinski definition) is 5. The summed E-state index contributed by atoms with van der Waals surface area (Å²) in [6.07, 6.45) is 1.16. The molecule has 10 nitrogen and oxygen atoms in total. The third-order valence-electron chi connectivity index (χ3n) is 5.43. The number of fused-ring (bicyclic) bond motifs is 2. The summed E-state index contributed by atoms with van der Waals surface area (Å²) in [4.78, 5) is 30.4. The highest BCUT2D eigenvalue weighted by atomic mass is 31.2. The van der Waals surface area contributed by atoms with Crippen molar-refractivity contribution in [3.63, 3.8) is 0 Å². The molecule has 2 aromatic rings. The van der Waals surface area contributed by atoms with Gasteiger partial charge in [-0.1, -0.05) is 0 Å². The molecule has 2 aliphatic carbocycles. The van der Waals surface area contributed by atoms with Gasteiger partial charge in [-0.2, -0.15) is 0 Å². The van der Waals surface area contributed by atoms with E-state index < -0.39 is 31.3 Å². The predicted octanol–water partition coefficient (Wildman–Crippen LogP) is -0.741. The second-order valence-electron chi connectivity index (χ2n) is 6.69. The fourth-order valence-corrected chi connectivity index (χ4v) is 4.86. The van der Waals surface area contributed by atoms with Gasteiger partial charge in [0.2, 0.25) is 0 Å². The summed E-state index contributed by atoms with van der Waals surface area (Å²) in [5.41, 5.74) is 6.00. The van der Waals surface area contributed by atoms with E-state index in [0.29, 0.717) is 17.6 Å². The molecule has 2 heterocycles. The van der Waals surface area contributed by atoms with Crippen LogP contribution in [0.15, 0.2) is 12.7 Å². The van der Waals surface area contributed by atoms with Crippen molar-refractivity contribution in [2.75, 3.05) is 11.9 Å². The number of nitrogen functional groups attached to an aromatic ring is 1. The molecule has 2 saturated carbocycles. The number of imidazole rings is 1. The van der Waals surface area contributed by atoms with Crippen LogP contribution >= 0.6 is 7.60 Å². The molecule has 0 aliphatic heterocycles. The average molecular weight is 355 g/mol. The van der Waals surface area contributed by atoms with E-state index >= 15 is 0 Å². The van der Waals surface area contributed by atoms with Gasteiger partial charge in [0.25, 0.3) is 0 Å². The Morgan fingerprint density at radius 2 is 2.08 bits per heavy atom. The average Bonchev–Trinajstić information content (AvgIpc) is 3.00. The number of nitrogens with zero attached hydrogens (tertiary/aromatic N) is 4.